The Hall–Kier alpha value is -3.81. The fourth-order valence-electron chi connectivity index (χ4n) is 2.64. The molecule has 0 aliphatic rings. The Balaban J connectivity index is 1.81. The van der Waals surface area contributed by atoms with Gasteiger partial charge in [-0.05, 0) is 37.1 Å². The molecule has 3 aromatic rings. The maximum absolute atomic E-state index is 12.5. The lowest BCUT2D eigenvalue weighted by Gasteiger charge is -2.10. The highest BCUT2D eigenvalue weighted by Crippen LogP contribution is 2.21. The molecule has 0 aliphatic carbocycles. The Morgan fingerprint density at radius 1 is 1.11 bits per heavy atom. The number of aryl methyl sites for hydroxylation is 2. The summed E-state index contributed by atoms with van der Waals surface area (Å²) >= 11 is 0. The van der Waals surface area contributed by atoms with Crippen molar-refractivity contribution in [3.63, 3.8) is 0 Å². The third-order valence-electron chi connectivity index (χ3n) is 4.22. The van der Waals surface area contributed by atoms with Gasteiger partial charge in [-0.25, -0.2) is 4.68 Å². The molecule has 0 aliphatic heterocycles. The van der Waals surface area contributed by atoms with Crippen LogP contribution in [0.5, 0.6) is 0 Å². The fourth-order valence-corrected chi connectivity index (χ4v) is 2.64. The maximum atomic E-state index is 12.5. The van der Waals surface area contributed by atoms with E-state index in [0.29, 0.717) is 11.3 Å². The second-order valence-electron chi connectivity index (χ2n) is 6.41. The minimum Gasteiger partial charge on any atom is -0.320 e. The van der Waals surface area contributed by atoms with Crippen LogP contribution >= 0.6 is 0 Å². The molecule has 0 radical (unpaired) electrons. The van der Waals surface area contributed by atoms with Crippen LogP contribution < -0.4 is 10.9 Å². The van der Waals surface area contributed by atoms with E-state index in [9.17, 15) is 19.7 Å². The summed E-state index contributed by atoms with van der Waals surface area (Å²) < 4.78 is 1.22. The van der Waals surface area contributed by atoms with Gasteiger partial charge in [0.15, 0.2) is 0 Å². The fraction of sp³-hybridized carbons (Fsp3) is 0.150. The van der Waals surface area contributed by atoms with Gasteiger partial charge >= 0.3 is 0 Å². The number of rotatable bonds is 5. The lowest BCUT2D eigenvalue weighted by molar-refractivity contribution is -0.384. The molecule has 0 atom stereocenters. The molecule has 1 heterocycles. The first-order valence-corrected chi connectivity index (χ1v) is 8.53. The van der Waals surface area contributed by atoms with Crippen molar-refractivity contribution in [2.24, 2.45) is 0 Å². The van der Waals surface area contributed by atoms with Crippen LogP contribution in [0.2, 0.25) is 0 Å². The molecule has 0 bridgehead atoms. The quantitative estimate of drug-likeness (QED) is 0.542. The predicted octanol–water partition coefficient (Wildman–Crippen LogP) is 3.07. The molecule has 2 aromatic carbocycles. The summed E-state index contributed by atoms with van der Waals surface area (Å²) in [5.41, 5.74) is 2.69. The first kappa shape index (κ1) is 19.0. The average molecular weight is 378 g/mol. The lowest BCUT2D eigenvalue weighted by Crippen LogP contribution is -2.26. The van der Waals surface area contributed by atoms with Gasteiger partial charge in [-0.1, -0.05) is 29.8 Å². The molecule has 0 fully saturated rings. The van der Waals surface area contributed by atoms with Crippen molar-refractivity contribution in [1.29, 1.82) is 0 Å². The SMILES string of the molecule is Cc1ccc(Cn2nc(C(=O)Nc3ccc([N+](=O)[O-])cc3C)ccc2=O)cc1. The number of hydrogen-bond acceptors (Lipinski definition) is 5. The molecule has 1 aromatic heterocycles. The number of amides is 1. The van der Waals surface area contributed by atoms with Crippen molar-refractivity contribution >= 4 is 17.3 Å². The summed E-state index contributed by atoms with van der Waals surface area (Å²) in [5, 5.41) is 17.6. The van der Waals surface area contributed by atoms with Crippen molar-refractivity contribution < 1.29 is 9.72 Å². The van der Waals surface area contributed by atoms with Crippen LogP contribution in [0.4, 0.5) is 11.4 Å². The van der Waals surface area contributed by atoms with Crippen LogP contribution in [0.15, 0.2) is 59.4 Å². The van der Waals surface area contributed by atoms with Crippen LogP contribution in [0.1, 0.15) is 27.2 Å². The molecule has 8 heteroatoms. The van der Waals surface area contributed by atoms with E-state index in [1.807, 2.05) is 31.2 Å². The van der Waals surface area contributed by atoms with Gasteiger partial charge in [-0.15, -0.1) is 0 Å². The summed E-state index contributed by atoms with van der Waals surface area (Å²) in [7, 11) is 0. The van der Waals surface area contributed by atoms with Crippen LogP contribution in [0.3, 0.4) is 0 Å². The van der Waals surface area contributed by atoms with Gasteiger partial charge in [0.05, 0.1) is 11.5 Å². The minimum atomic E-state index is -0.505. The zero-order chi connectivity index (χ0) is 20.3. The Morgan fingerprint density at radius 2 is 1.82 bits per heavy atom. The van der Waals surface area contributed by atoms with Crippen molar-refractivity contribution in [2.75, 3.05) is 5.32 Å². The lowest BCUT2D eigenvalue weighted by atomic mass is 10.1. The standard InChI is InChI=1S/C20H18N4O4/c1-13-3-5-15(6-4-13)12-23-19(25)10-9-18(22-23)20(26)21-17-8-7-16(24(27)28)11-14(17)2/h3-11H,12H2,1-2H3,(H,21,26). The number of nitrogens with one attached hydrogen (secondary N) is 1. The third kappa shape index (κ3) is 4.29. The number of non-ortho nitro benzene ring substituents is 1. The molecule has 8 nitrogen and oxygen atoms in total. The van der Waals surface area contributed by atoms with E-state index in [1.54, 1.807) is 6.92 Å². The molecule has 3 rings (SSSR count). The number of aromatic nitrogens is 2. The molecule has 0 saturated heterocycles. The molecule has 0 spiro atoms. The highest BCUT2D eigenvalue weighted by atomic mass is 16.6. The van der Waals surface area contributed by atoms with E-state index in [0.717, 1.165) is 11.1 Å². The van der Waals surface area contributed by atoms with E-state index < -0.39 is 10.8 Å². The van der Waals surface area contributed by atoms with E-state index in [4.69, 9.17) is 0 Å². The largest absolute Gasteiger partial charge is 0.320 e. The van der Waals surface area contributed by atoms with Gasteiger partial charge in [-0.2, -0.15) is 5.10 Å². The predicted molar refractivity (Wildman–Crippen MR) is 105 cm³/mol. The van der Waals surface area contributed by atoms with E-state index in [-0.39, 0.29) is 23.5 Å². The average Bonchev–Trinajstić information content (AvgIpc) is 2.66. The molecular weight excluding hydrogens is 360 g/mol. The third-order valence-corrected chi connectivity index (χ3v) is 4.22. The second-order valence-corrected chi connectivity index (χ2v) is 6.41. The monoisotopic (exact) mass is 378 g/mol. The number of benzene rings is 2. The van der Waals surface area contributed by atoms with Crippen molar-refractivity contribution in [3.8, 4) is 0 Å². The summed E-state index contributed by atoms with van der Waals surface area (Å²) in [6.07, 6.45) is 0. The first-order chi connectivity index (χ1) is 13.3. The topological polar surface area (TPSA) is 107 Å². The van der Waals surface area contributed by atoms with Crippen molar-refractivity contribution in [1.82, 2.24) is 9.78 Å². The highest BCUT2D eigenvalue weighted by Gasteiger charge is 2.14. The highest BCUT2D eigenvalue weighted by molar-refractivity contribution is 6.03. The number of nitro groups is 1. The van der Waals surface area contributed by atoms with Gasteiger partial charge in [0, 0.05) is 23.9 Å². The van der Waals surface area contributed by atoms with Crippen LogP contribution in [0.25, 0.3) is 0 Å². The summed E-state index contributed by atoms with van der Waals surface area (Å²) in [5.74, 6) is -0.505. The van der Waals surface area contributed by atoms with Crippen LogP contribution in [-0.4, -0.2) is 20.6 Å². The Morgan fingerprint density at radius 3 is 2.46 bits per heavy atom. The van der Waals surface area contributed by atoms with Gasteiger partial charge in [0.2, 0.25) is 0 Å². The normalized spacial score (nSPS) is 10.5. The Bertz CT molecular complexity index is 1100. The van der Waals surface area contributed by atoms with Crippen molar-refractivity contribution in [2.45, 2.75) is 20.4 Å². The zero-order valence-corrected chi connectivity index (χ0v) is 15.4. The Labute approximate surface area is 160 Å². The minimum absolute atomic E-state index is 0.0553. The van der Waals surface area contributed by atoms with E-state index >= 15 is 0 Å². The number of nitrogens with zero attached hydrogens (tertiary/aromatic N) is 3. The van der Waals surface area contributed by atoms with E-state index in [1.165, 1.54) is 35.0 Å². The van der Waals surface area contributed by atoms with Gasteiger partial charge in [-0.3, -0.25) is 19.7 Å². The second kappa shape index (κ2) is 7.83. The van der Waals surface area contributed by atoms with Gasteiger partial charge in [0.1, 0.15) is 5.69 Å². The summed E-state index contributed by atoms with van der Waals surface area (Å²) in [6.45, 7) is 3.88. The molecule has 1 amide bonds. The summed E-state index contributed by atoms with van der Waals surface area (Å²) in [4.78, 5) is 34.9. The van der Waals surface area contributed by atoms with E-state index in [2.05, 4.69) is 10.4 Å². The molecule has 1 N–H and O–H groups in total. The van der Waals surface area contributed by atoms with Gasteiger partial charge < -0.3 is 5.32 Å². The number of hydrogen-bond donors (Lipinski definition) is 1. The van der Waals surface area contributed by atoms with Crippen LogP contribution in [0, 0.1) is 24.0 Å². The molecule has 142 valence electrons. The molecule has 0 saturated carbocycles. The first-order valence-electron chi connectivity index (χ1n) is 8.53. The molecular formula is C20H18N4O4. The Kier molecular flexibility index (Phi) is 5.30. The maximum Gasteiger partial charge on any atom is 0.276 e. The zero-order valence-electron chi connectivity index (χ0n) is 15.4. The molecule has 0 unspecified atom stereocenters. The van der Waals surface area contributed by atoms with Gasteiger partial charge in [0.25, 0.3) is 17.2 Å². The number of anilines is 1. The number of nitro benzene ring substituents is 1. The summed E-state index contributed by atoms with van der Waals surface area (Å²) in [6, 6.07) is 14.5. The number of carbonyl (C=O) groups excluding carboxylic acids is 1. The number of carbonyl (C=O) groups is 1. The molecule has 28 heavy (non-hydrogen) atoms. The van der Waals surface area contributed by atoms with Crippen molar-refractivity contribution in [3.05, 3.63) is 97.4 Å². The smallest absolute Gasteiger partial charge is 0.276 e. The van der Waals surface area contributed by atoms with Crippen LogP contribution in [-0.2, 0) is 6.54 Å².